The third kappa shape index (κ3) is 3.92. The lowest BCUT2D eigenvalue weighted by atomic mass is 10.1. The van der Waals surface area contributed by atoms with Gasteiger partial charge in [0.1, 0.15) is 5.70 Å². The molecule has 0 atom stereocenters. The molecule has 0 heterocycles. The first-order valence-corrected chi connectivity index (χ1v) is 7.09. The molecule has 0 bridgehead atoms. The van der Waals surface area contributed by atoms with Crippen LogP contribution in [0.25, 0.3) is 6.08 Å². The fourth-order valence-electron chi connectivity index (χ4n) is 2.12. The Morgan fingerprint density at radius 1 is 1.00 bits per heavy atom. The molecule has 6 heteroatoms. The number of amides is 1. The largest absolute Gasteiger partial charge is 0.493 e. The average molecular weight is 327 g/mol. The number of aliphatic carboxylic acids is 1. The average Bonchev–Trinajstić information content (AvgIpc) is 2.61. The first kappa shape index (κ1) is 17.1. The van der Waals surface area contributed by atoms with Gasteiger partial charge in [-0.15, -0.1) is 0 Å². The van der Waals surface area contributed by atoms with Crippen molar-refractivity contribution >= 4 is 18.0 Å². The van der Waals surface area contributed by atoms with Gasteiger partial charge in [0.05, 0.1) is 14.2 Å². The van der Waals surface area contributed by atoms with Crippen LogP contribution in [0.4, 0.5) is 0 Å². The number of ether oxygens (including phenoxy) is 2. The van der Waals surface area contributed by atoms with Crippen molar-refractivity contribution in [3.8, 4) is 11.5 Å². The number of hydrogen-bond donors (Lipinski definition) is 2. The molecule has 2 N–H and O–H groups in total. The molecule has 1 amide bonds. The molecular weight excluding hydrogens is 310 g/mol. The van der Waals surface area contributed by atoms with E-state index < -0.39 is 11.9 Å². The van der Waals surface area contributed by atoms with Crippen molar-refractivity contribution in [2.24, 2.45) is 0 Å². The summed E-state index contributed by atoms with van der Waals surface area (Å²) in [5.74, 6) is -0.923. The first-order chi connectivity index (χ1) is 11.6. The van der Waals surface area contributed by atoms with Gasteiger partial charge in [0.15, 0.2) is 11.5 Å². The summed E-state index contributed by atoms with van der Waals surface area (Å²) in [6.07, 6.45) is 1.32. The number of rotatable bonds is 6. The minimum Gasteiger partial charge on any atom is -0.493 e. The van der Waals surface area contributed by atoms with E-state index in [0.29, 0.717) is 22.6 Å². The van der Waals surface area contributed by atoms with Gasteiger partial charge in [-0.05, 0) is 24.3 Å². The van der Waals surface area contributed by atoms with Crippen molar-refractivity contribution in [1.82, 2.24) is 5.32 Å². The summed E-state index contributed by atoms with van der Waals surface area (Å²) in [6, 6.07) is 13.4. The van der Waals surface area contributed by atoms with E-state index in [1.54, 1.807) is 48.5 Å². The van der Waals surface area contributed by atoms with Gasteiger partial charge in [-0.25, -0.2) is 4.79 Å². The van der Waals surface area contributed by atoms with E-state index in [-0.39, 0.29) is 5.70 Å². The molecule has 2 aromatic rings. The Kier molecular flexibility index (Phi) is 5.57. The molecule has 0 aliphatic carbocycles. The summed E-state index contributed by atoms with van der Waals surface area (Å²) in [5, 5.41) is 11.8. The molecule has 0 aromatic heterocycles. The number of carboxylic acid groups (broad SMARTS) is 1. The Hall–Kier alpha value is -3.28. The fourth-order valence-corrected chi connectivity index (χ4v) is 2.12. The molecule has 0 fully saturated rings. The van der Waals surface area contributed by atoms with Crippen LogP contribution in [0.1, 0.15) is 15.9 Å². The number of carbonyl (C=O) groups excluding carboxylic acids is 1. The minimum atomic E-state index is -1.26. The van der Waals surface area contributed by atoms with E-state index in [1.165, 1.54) is 20.3 Å². The highest BCUT2D eigenvalue weighted by Gasteiger charge is 2.15. The Morgan fingerprint density at radius 3 is 2.29 bits per heavy atom. The predicted molar refractivity (Wildman–Crippen MR) is 89.1 cm³/mol. The van der Waals surface area contributed by atoms with Crippen LogP contribution in [0, 0.1) is 0 Å². The summed E-state index contributed by atoms with van der Waals surface area (Å²) in [4.78, 5) is 23.6. The number of carboxylic acids is 1. The van der Waals surface area contributed by atoms with Crippen LogP contribution in [0.2, 0.25) is 0 Å². The predicted octanol–water partition coefficient (Wildman–Crippen LogP) is 2.56. The van der Waals surface area contributed by atoms with E-state index >= 15 is 0 Å². The van der Waals surface area contributed by atoms with Gasteiger partial charge >= 0.3 is 5.97 Å². The van der Waals surface area contributed by atoms with Gasteiger partial charge in [-0.1, -0.05) is 30.3 Å². The summed E-state index contributed by atoms with van der Waals surface area (Å²) in [5.41, 5.74) is 0.570. The van der Waals surface area contributed by atoms with E-state index in [4.69, 9.17) is 9.47 Å². The first-order valence-electron chi connectivity index (χ1n) is 7.09. The fraction of sp³-hybridized carbons (Fsp3) is 0.111. The Labute approximate surface area is 139 Å². The Balaban J connectivity index is 2.36. The molecule has 0 saturated carbocycles. The zero-order valence-corrected chi connectivity index (χ0v) is 13.3. The summed E-state index contributed by atoms with van der Waals surface area (Å²) in [7, 11) is 2.94. The zero-order valence-electron chi connectivity index (χ0n) is 13.3. The van der Waals surface area contributed by atoms with Crippen molar-refractivity contribution in [2.45, 2.75) is 0 Å². The summed E-state index contributed by atoms with van der Waals surface area (Å²) < 4.78 is 10.4. The minimum absolute atomic E-state index is 0.268. The number of para-hydroxylation sites is 1. The molecule has 2 rings (SSSR count). The highest BCUT2D eigenvalue weighted by atomic mass is 16.5. The summed E-state index contributed by atoms with van der Waals surface area (Å²) >= 11 is 0. The molecule has 24 heavy (non-hydrogen) atoms. The van der Waals surface area contributed by atoms with Gasteiger partial charge in [-0.2, -0.15) is 0 Å². The van der Waals surface area contributed by atoms with Crippen LogP contribution in [0.5, 0.6) is 11.5 Å². The smallest absolute Gasteiger partial charge is 0.352 e. The maximum absolute atomic E-state index is 12.2. The molecule has 0 radical (unpaired) electrons. The Morgan fingerprint density at radius 2 is 1.71 bits per heavy atom. The van der Waals surface area contributed by atoms with Crippen LogP contribution < -0.4 is 14.8 Å². The lowest BCUT2D eigenvalue weighted by Crippen LogP contribution is -2.27. The lowest BCUT2D eigenvalue weighted by molar-refractivity contribution is -0.132. The molecule has 6 nitrogen and oxygen atoms in total. The topological polar surface area (TPSA) is 84.9 Å². The van der Waals surface area contributed by atoms with Gasteiger partial charge in [-0.3, -0.25) is 4.79 Å². The van der Waals surface area contributed by atoms with Crippen LogP contribution in [0.15, 0.2) is 54.2 Å². The molecule has 124 valence electrons. The quantitative estimate of drug-likeness (QED) is 0.797. The van der Waals surface area contributed by atoms with Gasteiger partial charge in [0.25, 0.3) is 5.91 Å². The second-order valence-electron chi connectivity index (χ2n) is 4.77. The van der Waals surface area contributed by atoms with E-state index in [9.17, 15) is 14.7 Å². The van der Waals surface area contributed by atoms with Crippen molar-refractivity contribution < 1.29 is 24.2 Å². The molecule has 0 aliphatic heterocycles. The second-order valence-corrected chi connectivity index (χ2v) is 4.77. The third-order valence-corrected chi connectivity index (χ3v) is 3.25. The normalized spacial score (nSPS) is 10.8. The van der Waals surface area contributed by atoms with Crippen molar-refractivity contribution in [3.05, 3.63) is 65.4 Å². The number of nitrogens with one attached hydrogen (secondary N) is 1. The number of carbonyl (C=O) groups is 2. The molecule has 0 saturated heterocycles. The van der Waals surface area contributed by atoms with Crippen molar-refractivity contribution in [1.29, 1.82) is 0 Å². The molecule has 2 aromatic carbocycles. The zero-order chi connectivity index (χ0) is 17.5. The maximum atomic E-state index is 12.2. The van der Waals surface area contributed by atoms with Crippen molar-refractivity contribution in [3.63, 3.8) is 0 Å². The van der Waals surface area contributed by atoms with Crippen LogP contribution in [-0.2, 0) is 4.79 Å². The lowest BCUT2D eigenvalue weighted by Gasteiger charge is -2.11. The van der Waals surface area contributed by atoms with Crippen LogP contribution >= 0.6 is 0 Å². The van der Waals surface area contributed by atoms with E-state index in [1.807, 2.05) is 0 Å². The number of methoxy groups -OCH3 is 2. The number of hydrogen-bond acceptors (Lipinski definition) is 4. The number of benzene rings is 2. The Bertz CT molecular complexity index is 768. The molecule has 0 spiro atoms. The van der Waals surface area contributed by atoms with Crippen molar-refractivity contribution in [2.75, 3.05) is 14.2 Å². The van der Waals surface area contributed by atoms with Crippen LogP contribution in [-0.4, -0.2) is 31.2 Å². The highest BCUT2D eigenvalue weighted by molar-refractivity contribution is 6.02. The van der Waals surface area contributed by atoms with E-state index in [2.05, 4.69) is 5.32 Å². The monoisotopic (exact) mass is 327 g/mol. The molecular formula is C18H17NO5. The third-order valence-electron chi connectivity index (χ3n) is 3.25. The molecule has 0 unspecified atom stereocenters. The van der Waals surface area contributed by atoms with Gasteiger partial charge < -0.3 is 19.9 Å². The second kappa shape index (κ2) is 7.82. The van der Waals surface area contributed by atoms with Gasteiger partial charge in [0, 0.05) is 11.1 Å². The maximum Gasteiger partial charge on any atom is 0.352 e. The van der Waals surface area contributed by atoms with Gasteiger partial charge in [0.2, 0.25) is 0 Å². The highest BCUT2D eigenvalue weighted by Crippen LogP contribution is 2.31. The standard InChI is InChI=1S/C18H17NO5/c1-23-15-10-6-9-13(16(15)24-2)11-14(18(21)22)19-17(20)12-7-4-3-5-8-12/h3-11H,1-2H3,(H,19,20)(H,21,22). The van der Waals surface area contributed by atoms with Crippen LogP contribution in [0.3, 0.4) is 0 Å². The summed E-state index contributed by atoms with van der Waals surface area (Å²) in [6.45, 7) is 0. The molecule has 0 aliphatic rings. The van der Waals surface area contributed by atoms with E-state index in [0.717, 1.165) is 0 Å². The SMILES string of the molecule is COc1cccc(C=C(NC(=O)c2ccccc2)C(=O)O)c1OC.